The molecule has 1 aliphatic rings. The molecule has 1 amide bonds. The molecule has 4 heteroatoms. The standard InChI is InChI=1S/C11H12FNOS/c1-7-2-3-8(12)4-10(7)13-6-9(15)5-11(13)14/h2-4,9,15H,5-6H2,1H3. The molecule has 0 aromatic heterocycles. The molecular formula is C11H12FNOS. The number of halogens is 1. The summed E-state index contributed by atoms with van der Waals surface area (Å²) in [5.74, 6) is -0.297. The van der Waals surface area contributed by atoms with E-state index in [9.17, 15) is 9.18 Å². The second-order valence-electron chi connectivity index (χ2n) is 3.79. The number of anilines is 1. The lowest BCUT2D eigenvalue weighted by Gasteiger charge is -2.18. The number of carbonyl (C=O) groups excluding carboxylic acids is 1. The van der Waals surface area contributed by atoms with Gasteiger partial charge >= 0.3 is 0 Å². The van der Waals surface area contributed by atoms with Gasteiger partial charge in [-0.3, -0.25) is 4.79 Å². The van der Waals surface area contributed by atoms with E-state index in [0.717, 1.165) is 5.56 Å². The Morgan fingerprint density at radius 2 is 2.27 bits per heavy atom. The maximum absolute atomic E-state index is 13.1. The molecule has 80 valence electrons. The summed E-state index contributed by atoms with van der Waals surface area (Å²) in [6, 6.07) is 4.49. The van der Waals surface area contributed by atoms with Gasteiger partial charge in [0.2, 0.25) is 5.91 Å². The minimum Gasteiger partial charge on any atom is -0.311 e. The Labute approximate surface area is 93.5 Å². The molecule has 0 aliphatic carbocycles. The average Bonchev–Trinajstić information content (AvgIpc) is 2.50. The van der Waals surface area contributed by atoms with Crippen molar-refractivity contribution in [1.82, 2.24) is 0 Å². The van der Waals surface area contributed by atoms with Crippen LogP contribution >= 0.6 is 12.6 Å². The minimum absolute atomic E-state index is 0.0173. The van der Waals surface area contributed by atoms with Crippen LogP contribution in [-0.2, 0) is 4.79 Å². The van der Waals surface area contributed by atoms with Crippen molar-refractivity contribution in [2.24, 2.45) is 0 Å². The molecule has 0 bridgehead atoms. The molecule has 1 aromatic rings. The third-order valence-electron chi connectivity index (χ3n) is 2.57. The highest BCUT2D eigenvalue weighted by molar-refractivity contribution is 7.81. The first-order chi connectivity index (χ1) is 7.08. The van der Waals surface area contributed by atoms with Gasteiger partial charge in [0, 0.05) is 23.9 Å². The molecular weight excluding hydrogens is 213 g/mol. The third kappa shape index (κ3) is 2.00. The normalized spacial score (nSPS) is 21.1. The van der Waals surface area contributed by atoms with E-state index in [1.165, 1.54) is 12.1 Å². The molecule has 0 N–H and O–H groups in total. The van der Waals surface area contributed by atoms with Gasteiger partial charge in [-0.15, -0.1) is 0 Å². The molecule has 2 rings (SSSR count). The number of aryl methyl sites for hydroxylation is 1. The number of amides is 1. The summed E-state index contributed by atoms with van der Waals surface area (Å²) >= 11 is 4.27. The lowest BCUT2D eigenvalue weighted by Crippen LogP contribution is -2.25. The fourth-order valence-corrected chi connectivity index (χ4v) is 2.11. The summed E-state index contributed by atoms with van der Waals surface area (Å²) < 4.78 is 13.1. The highest BCUT2D eigenvalue weighted by atomic mass is 32.1. The summed E-state index contributed by atoms with van der Waals surface area (Å²) in [5.41, 5.74) is 1.57. The summed E-state index contributed by atoms with van der Waals surface area (Å²) in [4.78, 5) is 13.2. The van der Waals surface area contributed by atoms with Crippen molar-refractivity contribution in [3.8, 4) is 0 Å². The molecule has 1 aromatic carbocycles. The second-order valence-corrected chi connectivity index (χ2v) is 4.52. The van der Waals surface area contributed by atoms with E-state index < -0.39 is 0 Å². The van der Waals surface area contributed by atoms with Gasteiger partial charge in [0.25, 0.3) is 0 Å². The first-order valence-corrected chi connectivity index (χ1v) is 5.34. The van der Waals surface area contributed by atoms with Crippen LogP contribution in [0, 0.1) is 12.7 Å². The van der Waals surface area contributed by atoms with Crippen LogP contribution in [0.4, 0.5) is 10.1 Å². The van der Waals surface area contributed by atoms with Crippen molar-refractivity contribution in [2.75, 3.05) is 11.4 Å². The Morgan fingerprint density at radius 3 is 2.87 bits per heavy atom. The number of benzene rings is 1. The van der Waals surface area contributed by atoms with Crippen LogP contribution in [0.5, 0.6) is 0 Å². The van der Waals surface area contributed by atoms with Crippen LogP contribution in [0.3, 0.4) is 0 Å². The molecule has 1 heterocycles. The maximum Gasteiger partial charge on any atom is 0.228 e. The van der Waals surface area contributed by atoms with E-state index in [0.29, 0.717) is 18.7 Å². The quantitative estimate of drug-likeness (QED) is 0.726. The zero-order valence-electron chi connectivity index (χ0n) is 8.40. The Balaban J connectivity index is 2.37. The smallest absolute Gasteiger partial charge is 0.228 e. The SMILES string of the molecule is Cc1ccc(F)cc1N1CC(S)CC1=O. The predicted molar refractivity (Wildman–Crippen MR) is 60.9 cm³/mol. The van der Waals surface area contributed by atoms with Crippen LogP contribution in [0.25, 0.3) is 0 Å². The first-order valence-electron chi connectivity index (χ1n) is 4.82. The topological polar surface area (TPSA) is 20.3 Å². The van der Waals surface area contributed by atoms with E-state index >= 15 is 0 Å². The number of carbonyl (C=O) groups is 1. The predicted octanol–water partition coefficient (Wildman–Crippen LogP) is 2.17. The van der Waals surface area contributed by atoms with Gasteiger partial charge in [-0.05, 0) is 24.6 Å². The molecule has 1 unspecified atom stereocenters. The van der Waals surface area contributed by atoms with E-state index in [-0.39, 0.29) is 17.0 Å². The number of hydrogen-bond donors (Lipinski definition) is 1. The van der Waals surface area contributed by atoms with Crippen molar-refractivity contribution < 1.29 is 9.18 Å². The van der Waals surface area contributed by atoms with Crippen LogP contribution in [0.15, 0.2) is 18.2 Å². The first kappa shape index (κ1) is 10.5. The van der Waals surface area contributed by atoms with Gasteiger partial charge in [-0.1, -0.05) is 6.07 Å². The number of hydrogen-bond acceptors (Lipinski definition) is 2. The number of rotatable bonds is 1. The molecule has 0 spiro atoms. The van der Waals surface area contributed by atoms with Crippen molar-refractivity contribution in [3.05, 3.63) is 29.6 Å². The third-order valence-corrected chi connectivity index (χ3v) is 2.91. The van der Waals surface area contributed by atoms with Gasteiger partial charge in [-0.25, -0.2) is 4.39 Å². The maximum atomic E-state index is 13.1. The van der Waals surface area contributed by atoms with Crippen molar-refractivity contribution in [2.45, 2.75) is 18.6 Å². The van der Waals surface area contributed by atoms with E-state index in [1.54, 1.807) is 11.0 Å². The average molecular weight is 225 g/mol. The van der Waals surface area contributed by atoms with E-state index in [4.69, 9.17) is 0 Å². The van der Waals surface area contributed by atoms with Gasteiger partial charge in [0.05, 0.1) is 0 Å². The van der Waals surface area contributed by atoms with Gasteiger partial charge in [0.1, 0.15) is 5.82 Å². The summed E-state index contributed by atoms with van der Waals surface area (Å²) in [7, 11) is 0. The zero-order chi connectivity index (χ0) is 11.0. The molecule has 1 fully saturated rings. The fraction of sp³-hybridized carbons (Fsp3) is 0.364. The van der Waals surface area contributed by atoms with Crippen LogP contribution in [0.2, 0.25) is 0 Å². The molecule has 1 atom stereocenters. The van der Waals surface area contributed by atoms with Crippen molar-refractivity contribution >= 4 is 24.2 Å². The monoisotopic (exact) mass is 225 g/mol. The van der Waals surface area contributed by atoms with Gasteiger partial charge < -0.3 is 4.90 Å². The molecule has 0 saturated carbocycles. The summed E-state index contributed by atoms with van der Waals surface area (Å²) in [6.07, 6.45) is 0.430. The van der Waals surface area contributed by atoms with Crippen molar-refractivity contribution in [3.63, 3.8) is 0 Å². The van der Waals surface area contributed by atoms with E-state index in [2.05, 4.69) is 12.6 Å². The van der Waals surface area contributed by atoms with Crippen LogP contribution < -0.4 is 4.90 Å². The van der Waals surface area contributed by atoms with E-state index in [1.807, 2.05) is 6.92 Å². The molecule has 1 aliphatic heterocycles. The number of nitrogens with zero attached hydrogens (tertiary/aromatic N) is 1. The highest BCUT2D eigenvalue weighted by Crippen LogP contribution is 2.27. The molecule has 0 radical (unpaired) electrons. The summed E-state index contributed by atoms with van der Waals surface area (Å²) in [5, 5.41) is 0.0557. The Morgan fingerprint density at radius 1 is 1.53 bits per heavy atom. The van der Waals surface area contributed by atoms with Gasteiger partial charge in [0.15, 0.2) is 0 Å². The van der Waals surface area contributed by atoms with Crippen LogP contribution in [-0.4, -0.2) is 17.7 Å². The summed E-state index contributed by atoms with van der Waals surface area (Å²) in [6.45, 7) is 2.43. The number of thiol groups is 1. The fourth-order valence-electron chi connectivity index (χ4n) is 1.79. The van der Waals surface area contributed by atoms with Gasteiger partial charge in [-0.2, -0.15) is 12.6 Å². The van der Waals surface area contributed by atoms with Crippen LogP contribution in [0.1, 0.15) is 12.0 Å². The molecule has 15 heavy (non-hydrogen) atoms. The second kappa shape index (κ2) is 3.85. The minimum atomic E-state index is -0.314. The zero-order valence-corrected chi connectivity index (χ0v) is 9.30. The Hall–Kier alpha value is -1.03. The largest absolute Gasteiger partial charge is 0.311 e. The van der Waals surface area contributed by atoms with Crippen molar-refractivity contribution in [1.29, 1.82) is 0 Å². The lowest BCUT2D eigenvalue weighted by atomic mass is 10.2. The highest BCUT2D eigenvalue weighted by Gasteiger charge is 2.29. The Kier molecular flexibility index (Phi) is 2.69. The molecule has 2 nitrogen and oxygen atoms in total. The Bertz CT molecular complexity index is 408. The molecule has 1 saturated heterocycles. The lowest BCUT2D eigenvalue weighted by molar-refractivity contribution is -0.117.